The van der Waals surface area contributed by atoms with E-state index in [9.17, 15) is 8.42 Å². The van der Waals surface area contributed by atoms with Crippen LogP contribution in [0.3, 0.4) is 0 Å². The van der Waals surface area contributed by atoms with Crippen molar-refractivity contribution in [1.29, 1.82) is 0 Å². The van der Waals surface area contributed by atoms with Gasteiger partial charge in [0.25, 0.3) is 5.16 Å². The third-order valence-electron chi connectivity index (χ3n) is 0.773. The molecule has 0 spiro atoms. The molecule has 0 aliphatic rings. The van der Waals surface area contributed by atoms with Crippen LogP contribution in [0.15, 0.2) is 23.6 Å². The molecule has 1 aromatic heterocycles. The van der Waals surface area contributed by atoms with Gasteiger partial charge >= 0.3 is 10.1 Å². The maximum absolute atomic E-state index is 10.3. The monoisotopic (exact) mass is 267 g/mol. The molecule has 1 N–H and O–H groups in total. The first kappa shape index (κ1) is 10.7. The van der Waals surface area contributed by atoms with Gasteiger partial charge in [-0.25, -0.2) is 9.97 Å². The second-order valence-corrected chi connectivity index (χ2v) is 2.82. The van der Waals surface area contributed by atoms with E-state index >= 15 is 0 Å². The number of rotatable bonds is 1. The first-order chi connectivity index (χ1) is 4.61. The fourth-order valence-electron chi connectivity index (χ4n) is 0.419. The maximum atomic E-state index is 10.3. The summed E-state index contributed by atoms with van der Waals surface area (Å²) in [6.07, 6.45) is 2.46. The summed E-state index contributed by atoms with van der Waals surface area (Å²) in [5, 5.41) is -0.574. The standard InChI is InChI=1S/C4H4N2O3S.Ag/c7-10(8,9)4-5-2-1-3-6-4;/h1-3H,(H,7,8,9);. The molecule has 1 rings (SSSR count). The minimum atomic E-state index is -4.23. The molecule has 1 radical (unpaired) electrons. The molecule has 0 aromatic carbocycles. The van der Waals surface area contributed by atoms with E-state index in [1.54, 1.807) is 0 Å². The van der Waals surface area contributed by atoms with E-state index in [2.05, 4.69) is 9.97 Å². The van der Waals surface area contributed by atoms with E-state index in [1.807, 2.05) is 0 Å². The van der Waals surface area contributed by atoms with Gasteiger partial charge in [0.05, 0.1) is 0 Å². The van der Waals surface area contributed by atoms with Gasteiger partial charge in [-0.3, -0.25) is 4.55 Å². The van der Waals surface area contributed by atoms with Gasteiger partial charge in [0.1, 0.15) is 0 Å². The Kier molecular flexibility index (Phi) is 3.84. The molecular formula is C4H4AgN2O3S. The third-order valence-corrected chi connectivity index (χ3v) is 1.45. The van der Waals surface area contributed by atoms with Gasteiger partial charge in [-0.2, -0.15) is 8.42 Å². The summed E-state index contributed by atoms with van der Waals surface area (Å²) in [7, 11) is -4.23. The second kappa shape index (κ2) is 3.93. The predicted octanol–water partition coefficient (Wildman–Crippen LogP) is -0.279. The van der Waals surface area contributed by atoms with Crippen molar-refractivity contribution in [3.8, 4) is 0 Å². The minimum absolute atomic E-state index is 0. The summed E-state index contributed by atoms with van der Waals surface area (Å²) >= 11 is 0. The number of nitrogens with zero attached hydrogens (tertiary/aromatic N) is 2. The molecule has 0 bridgehead atoms. The molecule has 0 aliphatic heterocycles. The van der Waals surface area contributed by atoms with Gasteiger partial charge in [-0.15, -0.1) is 0 Å². The van der Waals surface area contributed by atoms with Crippen LogP contribution in [-0.2, 0) is 32.5 Å². The van der Waals surface area contributed by atoms with Crippen LogP contribution in [0.2, 0.25) is 0 Å². The van der Waals surface area contributed by atoms with Crippen molar-refractivity contribution >= 4 is 10.1 Å². The first-order valence-corrected chi connectivity index (χ1v) is 3.79. The van der Waals surface area contributed by atoms with Crippen molar-refractivity contribution in [2.75, 3.05) is 0 Å². The molecule has 11 heavy (non-hydrogen) atoms. The number of hydrogen-bond acceptors (Lipinski definition) is 4. The van der Waals surface area contributed by atoms with E-state index in [0.717, 1.165) is 0 Å². The van der Waals surface area contributed by atoms with E-state index in [-0.39, 0.29) is 22.4 Å². The molecule has 0 aliphatic carbocycles. The zero-order valence-corrected chi connectivity index (χ0v) is 7.40. The van der Waals surface area contributed by atoms with Crippen molar-refractivity contribution in [3.63, 3.8) is 0 Å². The fraction of sp³-hybridized carbons (Fsp3) is 0. The van der Waals surface area contributed by atoms with E-state index in [1.165, 1.54) is 18.5 Å². The van der Waals surface area contributed by atoms with Crippen molar-refractivity contribution in [2.24, 2.45) is 0 Å². The van der Waals surface area contributed by atoms with Crippen LogP contribution in [-0.4, -0.2) is 22.9 Å². The van der Waals surface area contributed by atoms with Crippen LogP contribution in [0.5, 0.6) is 0 Å². The molecule has 0 atom stereocenters. The van der Waals surface area contributed by atoms with E-state index in [0.29, 0.717) is 0 Å². The Labute approximate surface area is 79.1 Å². The Bertz CT molecular complexity index is 311. The minimum Gasteiger partial charge on any atom is -0.279 e. The van der Waals surface area contributed by atoms with Crippen molar-refractivity contribution in [2.45, 2.75) is 5.16 Å². The zero-order valence-electron chi connectivity index (χ0n) is 5.10. The summed E-state index contributed by atoms with van der Waals surface area (Å²) in [5.41, 5.74) is 0. The molecule has 1 aromatic rings. The molecule has 7 heteroatoms. The van der Waals surface area contributed by atoms with Crippen LogP contribution in [0.1, 0.15) is 0 Å². The Morgan fingerprint density at radius 1 is 1.27 bits per heavy atom. The summed E-state index contributed by atoms with van der Waals surface area (Å²) in [6.45, 7) is 0. The largest absolute Gasteiger partial charge is 0.330 e. The third kappa shape index (κ3) is 3.08. The molecule has 0 fully saturated rings. The molecule has 0 saturated carbocycles. The van der Waals surface area contributed by atoms with Gasteiger partial charge in [-0.1, -0.05) is 0 Å². The Hall–Kier alpha value is -0.270. The van der Waals surface area contributed by atoms with Gasteiger partial charge < -0.3 is 0 Å². The van der Waals surface area contributed by atoms with E-state index < -0.39 is 15.3 Å². The van der Waals surface area contributed by atoms with Crippen LogP contribution in [0.25, 0.3) is 0 Å². The Balaban J connectivity index is 0.000001000. The molecule has 65 valence electrons. The normalized spacial score (nSPS) is 10.3. The summed E-state index contributed by atoms with van der Waals surface area (Å²) in [5.74, 6) is 0. The van der Waals surface area contributed by atoms with Crippen LogP contribution in [0.4, 0.5) is 0 Å². The van der Waals surface area contributed by atoms with Gasteiger partial charge in [0, 0.05) is 34.8 Å². The Morgan fingerprint density at radius 3 is 2.00 bits per heavy atom. The number of aromatic nitrogens is 2. The maximum Gasteiger partial charge on any atom is 0.330 e. The summed E-state index contributed by atoms with van der Waals surface area (Å²) in [6, 6.07) is 1.45. The van der Waals surface area contributed by atoms with Gasteiger partial charge in [0.15, 0.2) is 0 Å². The van der Waals surface area contributed by atoms with Crippen LogP contribution < -0.4 is 0 Å². The summed E-state index contributed by atoms with van der Waals surface area (Å²) < 4.78 is 28.9. The zero-order chi connectivity index (χ0) is 7.61. The van der Waals surface area contributed by atoms with Gasteiger partial charge in [0.2, 0.25) is 0 Å². The van der Waals surface area contributed by atoms with Crippen molar-refractivity contribution in [1.82, 2.24) is 9.97 Å². The smallest absolute Gasteiger partial charge is 0.279 e. The SMILES string of the molecule is O=S(=O)(O)c1ncccn1.[Ag]. The average Bonchev–Trinajstić information content (AvgIpc) is 1.88. The van der Waals surface area contributed by atoms with Crippen LogP contribution >= 0.6 is 0 Å². The second-order valence-electron chi connectivity index (χ2n) is 1.51. The quantitative estimate of drug-likeness (QED) is 0.430. The molecule has 1 heterocycles. The molecular weight excluding hydrogens is 264 g/mol. The van der Waals surface area contributed by atoms with Crippen molar-refractivity contribution in [3.05, 3.63) is 18.5 Å². The average molecular weight is 268 g/mol. The van der Waals surface area contributed by atoms with Crippen LogP contribution in [0, 0.1) is 0 Å². The molecule has 5 nitrogen and oxygen atoms in total. The predicted molar refractivity (Wildman–Crippen MR) is 31.8 cm³/mol. The topological polar surface area (TPSA) is 80.2 Å². The number of hydrogen-bond donors (Lipinski definition) is 1. The molecule has 0 saturated heterocycles. The first-order valence-electron chi connectivity index (χ1n) is 2.35. The van der Waals surface area contributed by atoms with Gasteiger partial charge in [-0.05, 0) is 6.07 Å². The van der Waals surface area contributed by atoms with E-state index in [4.69, 9.17) is 4.55 Å². The van der Waals surface area contributed by atoms with Crippen molar-refractivity contribution < 1.29 is 35.4 Å². The molecule has 0 amide bonds. The Morgan fingerprint density at radius 2 is 1.73 bits per heavy atom. The summed E-state index contributed by atoms with van der Waals surface area (Å²) in [4.78, 5) is 6.60. The fourth-order valence-corrected chi connectivity index (χ4v) is 0.807. The molecule has 0 unspecified atom stereocenters.